The van der Waals surface area contributed by atoms with Gasteiger partial charge in [0, 0.05) is 0 Å². The molecule has 0 spiro atoms. The van der Waals surface area contributed by atoms with Crippen LogP contribution in [0.25, 0.3) is 11.0 Å². The Balaban J connectivity index is 2.07. The molecule has 96 valence electrons. The molecule has 6 heteroatoms. The monoisotopic (exact) mass is 249 g/mol. The van der Waals surface area contributed by atoms with Crippen LogP contribution in [0.5, 0.6) is 0 Å². The van der Waals surface area contributed by atoms with Crippen LogP contribution in [0.3, 0.4) is 0 Å². The minimum atomic E-state index is -0.618. The lowest BCUT2D eigenvalue weighted by Gasteiger charge is -2.13. The summed E-state index contributed by atoms with van der Waals surface area (Å²) in [5, 5.41) is 20.3. The second-order valence-corrected chi connectivity index (χ2v) is 3.99. The van der Waals surface area contributed by atoms with Crippen LogP contribution in [0, 0.1) is 0 Å². The van der Waals surface area contributed by atoms with Gasteiger partial charge in [0.2, 0.25) is 5.91 Å². The maximum absolute atomic E-state index is 11.7. The molecule has 18 heavy (non-hydrogen) atoms. The Bertz CT molecular complexity index is 534. The molecule has 0 saturated heterocycles. The second-order valence-electron chi connectivity index (χ2n) is 3.99. The van der Waals surface area contributed by atoms with Crippen LogP contribution in [-0.2, 0) is 11.3 Å². The minimum Gasteiger partial charge on any atom is -0.394 e. The van der Waals surface area contributed by atoms with Crippen molar-refractivity contribution < 1.29 is 15.0 Å². The van der Waals surface area contributed by atoms with E-state index in [-0.39, 0.29) is 25.7 Å². The first kappa shape index (κ1) is 12.5. The summed E-state index contributed by atoms with van der Waals surface area (Å²) in [5.41, 5.74) is 1.70. The maximum Gasteiger partial charge on any atom is 0.240 e. The van der Waals surface area contributed by atoms with Crippen LogP contribution in [-0.4, -0.2) is 44.9 Å². The number of carbonyl (C=O) groups excluding carboxylic acids is 1. The van der Waals surface area contributed by atoms with E-state index >= 15 is 0 Å². The number of para-hydroxylation sites is 2. The van der Waals surface area contributed by atoms with E-state index in [9.17, 15) is 4.79 Å². The van der Waals surface area contributed by atoms with E-state index in [2.05, 4.69) is 10.3 Å². The summed E-state index contributed by atoms with van der Waals surface area (Å²) >= 11 is 0. The SMILES string of the molecule is O=C(Cn1cnc2ccccc21)NC(CO)CO. The fraction of sp³-hybridized carbons (Fsp3) is 0.333. The van der Waals surface area contributed by atoms with E-state index in [1.54, 1.807) is 10.9 Å². The van der Waals surface area contributed by atoms with E-state index in [1.165, 1.54) is 0 Å². The van der Waals surface area contributed by atoms with Crippen molar-refractivity contribution in [2.45, 2.75) is 12.6 Å². The molecule has 1 aromatic carbocycles. The number of fused-ring (bicyclic) bond motifs is 1. The molecule has 0 atom stereocenters. The smallest absolute Gasteiger partial charge is 0.240 e. The molecule has 3 N–H and O–H groups in total. The summed E-state index contributed by atoms with van der Waals surface area (Å²) < 4.78 is 1.72. The molecule has 0 aliphatic carbocycles. The van der Waals surface area contributed by atoms with Gasteiger partial charge in [-0.25, -0.2) is 4.98 Å². The fourth-order valence-corrected chi connectivity index (χ4v) is 1.71. The van der Waals surface area contributed by atoms with Crippen molar-refractivity contribution in [3.8, 4) is 0 Å². The Labute approximate surface area is 104 Å². The zero-order chi connectivity index (χ0) is 13.0. The molecule has 0 bridgehead atoms. The molecular weight excluding hydrogens is 234 g/mol. The third kappa shape index (κ3) is 2.66. The number of nitrogens with zero attached hydrogens (tertiary/aromatic N) is 2. The van der Waals surface area contributed by atoms with Crippen LogP contribution < -0.4 is 5.32 Å². The molecule has 0 aliphatic rings. The Hall–Kier alpha value is -1.92. The van der Waals surface area contributed by atoms with Crippen molar-refractivity contribution in [1.82, 2.24) is 14.9 Å². The van der Waals surface area contributed by atoms with E-state index in [0.717, 1.165) is 11.0 Å². The minimum absolute atomic E-state index is 0.108. The summed E-state index contributed by atoms with van der Waals surface area (Å²) in [6.07, 6.45) is 1.59. The van der Waals surface area contributed by atoms with Gasteiger partial charge in [0.1, 0.15) is 6.54 Å². The van der Waals surface area contributed by atoms with Crippen molar-refractivity contribution in [2.24, 2.45) is 0 Å². The van der Waals surface area contributed by atoms with Crippen LogP contribution in [0.4, 0.5) is 0 Å². The highest BCUT2D eigenvalue weighted by atomic mass is 16.3. The lowest BCUT2D eigenvalue weighted by Crippen LogP contribution is -2.41. The van der Waals surface area contributed by atoms with Crippen molar-refractivity contribution in [3.63, 3.8) is 0 Å². The van der Waals surface area contributed by atoms with Gasteiger partial charge >= 0.3 is 0 Å². The highest BCUT2D eigenvalue weighted by Crippen LogP contribution is 2.11. The number of aliphatic hydroxyl groups is 2. The summed E-state index contributed by atoms with van der Waals surface area (Å²) in [6.45, 7) is -0.461. The first-order valence-electron chi connectivity index (χ1n) is 5.65. The van der Waals surface area contributed by atoms with Crippen LogP contribution >= 0.6 is 0 Å². The van der Waals surface area contributed by atoms with E-state index in [0.29, 0.717) is 0 Å². The molecule has 0 saturated carbocycles. The topological polar surface area (TPSA) is 87.4 Å². The van der Waals surface area contributed by atoms with Crippen LogP contribution in [0.2, 0.25) is 0 Å². The number of nitrogens with one attached hydrogen (secondary N) is 1. The predicted octanol–water partition coefficient (Wildman–Crippen LogP) is -0.494. The number of benzene rings is 1. The van der Waals surface area contributed by atoms with Gasteiger partial charge in [-0.05, 0) is 12.1 Å². The van der Waals surface area contributed by atoms with Gasteiger partial charge in [-0.2, -0.15) is 0 Å². The number of hydrogen-bond donors (Lipinski definition) is 3. The lowest BCUT2D eigenvalue weighted by molar-refractivity contribution is -0.123. The predicted molar refractivity (Wildman–Crippen MR) is 65.8 cm³/mol. The molecule has 1 heterocycles. The van der Waals surface area contributed by atoms with Crippen molar-refractivity contribution in [2.75, 3.05) is 13.2 Å². The maximum atomic E-state index is 11.7. The second kappa shape index (κ2) is 5.61. The summed E-state index contributed by atoms with van der Waals surface area (Å²) in [7, 11) is 0. The van der Waals surface area contributed by atoms with Crippen LogP contribution in [0.15, 0.2) is 30.6 Å². The highest BCUT2D eigenvalue weighted by Gasteiger charge is 2.11. The van der Waals surface area contributed by atoms with Gasteiger partial charge in [-0.15, -0.1) is 0 Å². The van der Waals surface area contributed by atoms with Gasteiger partial charge in [-0.1, -0.05) is 12.1 Å². The lowest BCUT2D eigenvalue weighted by atomic mass is 10.3. The zero-order valence-corrected chi connectivity index (χ0v) is 9.78. The quantitative estimate of drug-likeness (QED) is 0.667. The Kier molecular flexibility index (Phi) is 3.91. The summed E-state index contributed by atoms with van der Waals surface area (Å²) in [4.78, 5) is 15.9. The van der Waals surface area contributed by atoms with Crippen molar-refractivity contribution >= 4 is 16.9 Å². The number of imidazole rings is 1. The fourth-order valence-electron chi connectivity index (χ4n) is 1.71. The highest BCUT2D eigenvalue weighted by molar-refractivity contribution is 5.80. The zero-order valence-electron chi connectivity index (χ0n) is 9.78. The largest absolute Gasteiger partial charge is 0.394 e. The van der Waals surface area contributed by atoms with Crippen molar-refractivity contribution in [1.29, 1.82) is 0 Å². The van der Waals surface area contributed by atoms with Crippen molar-refractivity contribution in [3.05, 3.63) is 30.6 Å². The Morgan fingerprint density at radius 2 is 2.06 bits per heavy atom. The summed E-state index contributed by atoms with van der Waals surface area (Å²) in [5.74, 6) is -0.272. The average Bonchev–Trinajstić information content (AvgIpc) is 2.79. The summed E-state index contributed by atoms with van der Waals surface area (Å²) in [6, 6.07) is 6.89. The van der Waals surface area contributed by atoms with E-state index in [1.807, 2.05) is 24.3 Å². The van der Waals surface area contributed by atoms with Gasteiger partial charge in [-0.3, -0.25) is 4.79 Å². The molecule has 2 aromatic rings. The molecule has 0 unspecified atom stereocenters. The number of rotatable bonds is 5. The Morgan fingerprint density at radius 1 is 1.33 bits per heavy atom. The Morgan fingerprint density at radius 3 is 2.78 bits per heavy atom. The number of aliphatic hydroxyl groups excluding tert-OH is 2. The molecule has 0 fully saturated rings. The molecule has 6 nitrogen and oxygen atoms in total. The third-order valence-corrected chi connectivity index (χ3v) is 2.65. The number of carbonyl (C=O) groups is 1. The number of amides is 1. The first-order valence-corrected chi connectivity index (χ1v) is 5.65. The standard InChI is InChI=1S/C12H15N3O3/c16-6-9(7-17)14-12(18)5-15-8-13-10-3-1-2-4-11(10)15/h1-4,8-9,16-17H,5-7H2,(H,14,18). The molecule has 0 aliphatic heterocycles. The van der Waals surface area contributed by atoms with Gasteiger partial charge in [0.15, 0.2) is 0 Å². The molecule has 1 aromatic heterocycles. The van der Waals surface area contributed by atoms with E-state index < -0.39 is 6.04 Å². The molecule has 2 rings (SSSR count). The van der Waals surface area contributed by atoms with E-state index in [4.69, 9.17) is 10.2 Å². The van der Waals surface area contributed by atoms with Gasteiger partial charge in [0.05, 0.1) is 36.6 Å². The number of aromatic nitrogens is 2. The van der Waals surface area contributed by atoms with Gasteiger partial charge < -0.3 is 20.1 Å². The third-order valence-electron chi connectivity index (χ3n) is 2.65. The normalized spacial score (nSPS) is 11.1. The number of hydrogen-bond acceptors (Lipinski definition) is 4. The molecule has 1 amide bonds. The molecule has 0 radical (unpaired) electrons. The van der Waals surface area contributed by atoms with Gasteiger partial charge in [0.25, 0.3) is 0 Å². The molecular formula is C12H15N3O3. The average molecular weight is 249 g/mol. The first-order chi connectivity index (χ1) is 8.74. The van der Waals surface area contributed by atoms with Crippen LogP contribution in [0.1, 0.15) is 0 Å².